The van der Waals surface area contributed by atoms with E-state index in [4.69, 9.17) is 4.74 Å². The van der Waals surface area contributed by atoms with E-state index >= 15 is 4.39 Å². The zero-order chi connectivity index (χ0) is 23.0. The molecule has 1 fully saturated rings. The van der Waals surface area contributed by atoms with Crippen molar-refractivity contribution in [3.05, 3.63) is 35.7 Å². The van der Waals surface area contributed by atoms with E-state index in [2.05, 4.69) is 25.6 Å². The van der Waals surface area contributed by atoms with Crippen molar-refractivity contribution >= 4 is 23.0 Å². The SMILES string of the molecule is CCNC(=O)Nc1nc2cc(-c3cnc(C(C)(C)O)nc3)c(F)c([C@H]3CCCO3)c2n1C. The number of imidazole rings is 1. The number of anilines is 1. The van der Waals surface area contributed by atoms with Crippen molar-refractivity contribution in [2.24, 2.45) is 7.05 Å². The Morgan fingerprint density at radius 3 is 2.69 bits per heavy atom. The molecule has 3 N–H and O–H groups in total. The molecule has 3 heterocycles. The van der Waals surface area contributed by atoms with Crippen molar-refractivity contribution in [2.45, 2.75) is 45.3 Å². The normalized spacial score (nSPS) is 16.5. The van der Waals surface area contributed by atoms with E-state index in [1.807, 2.05) is 6.92 Å². The first-order chi connectivity index (χ1) is 15.2. The minimum Gasteiger partial charge on any atom is -0.382 e. The highest BCUT2D eigenvalue weighted by Gasteiger charge is 2.29. The van der Waals surface area contributed by atoms with Gasteiger partial charge in [-0.25, -0.2) is 24.1 Å². The average molecular weight is 442 g/mol. The molecule has 0 saturated carbocycles. The number of aromatic nitrogens is 4. The molecule has 1 saturated heterocycles. The number of halogens is 1. The quantitative estimate of drug-likeness (QED) is 0.558. The first-order valence-electron chi connectivity index (χ1n) is 10.6. The molecule has 1 aromatic carbocycles. The Balaban J connectivity index is 1.87. The van der Waals surface area contributed by atoms with Crippen molar-refractivity contribution in [3.8, 4) is 11.1 Å². The van der Waals surface area contributed by atoms with Crippen LogP contribution in [0.2, 0.25) is 0 Å². The summed E-state index contributed by atoms with van der Waals surface area (Å²) in [6.07, 6.45) is 4.08. The van der Waals surface area contributed by atoms with Crippen LogP contribution in [-0.2, 0) is 17.4 Å². The number of aryl methyl sites for hydroxylation is 1. The van der Waals surface area contributed by atoms with Gasteiger partial charge in [0.2, 0.25) is 5.95 Å². The van der Waals surface area contributed by atoms with E-state index < -0.39 is 17.5 Å². The minimum absolute atomic E-state index is 0.244. The molecule has 2 aromatic heterocycles. The van der Waals surface area contributed by atoms with Crippen LogP contribution in [0.4, 0.5) is 15.1 Å². The van der Waals surface area contributed by atoms with E-state index in [-0.39, 0.29) is 17.4 Å². The lowest BCUT2D eigenvalue weighted by molar-refractivity contribution is 0.0687. The number of rotatable bonds is 5. The van der Waals surface area contributed by atoms with Gasteiger partial charge in [0.1, 0.15) is 11.4 Å². The number of amides is 2. The summed E-state index contributed by atoms with van der Waals surface area (Å²) in [5, 5.41) is 15.5. The van der Waals surface area contributed by atoms with Gasteiger partial charge in [0.25, 0.3) is 0 Å². The highest BCUT2D eigenvalue weighted by atomic mass is 19.1. The molecule has 32 heavy (non-hydrogen) atoms. The fraction of sp³-hybridized carbons (Fsp3) is 0.455. The predicted octanol–water partition coefficient (Wildman–Crippen LogP) is 3.39. The number of ether oxygens (including phenoxy) is 1. The molecule has 0 aliphatic carbocycles. The summed E-state index contributed by atoms with van der Waals surface area (Å²) in [5.74, 6) is 0.111. The summed E-state index contributed by atoms with van der Waals surface area (Å²) in [5.41, 5.74) is 1.03. The molecule has 9 nitrogen and oxygen atoms in total. The molecular weight excluding hydrogens is 415 g/mol. The summed E-state index contributed by atoms with van der Waals surface area (Å²) in [7, 11) is 1.73. The number of carbonyl (C=O) groups excluding carboxylic acids is 1. The third-order valence-corrected chi connectivity index (χ3v) is 5.46. The number of hydrogen-bond donors (Lipinski definition) is 3. The first kappa shape index (κ1) is 22.1. The van der Waals surface area contributed by atoms with Crippen LogP contribution in [0, 0.1) is 5.82 Å². The Morgan fingerprint density at radius 1 is 1.38 bits per heavy atom. The Labute approximate surface area is 185 Å². The van der Waals surface area contributed by atoms with E-state index in [0.717, 1.165) is 6.42 Å². The molecule has 0 unspecified atom stereocenters. The Kier molecular flexibility index (Phi) is 5.83. The number of carbonyl (C=O) groups is 1. The molecule has 0 radical (unpaired) electrons. The molecular formula is C22H27FN6O3. The Bertz CT molecular complexity index is 1150. The summed E-state index contributed by atoms with van der Waals surface area (Å²) < 4.78 is 23.4. The molecule has 10 heteroatoms. The van der Waals surface area contributed by atoms with Crippen LogP contribution >= 0.6 is 0 Å². The fourth-order valence-electron chi connectivity index (χ4n) is 3.90. The largest absolute Gasteiger partial charge is 0.382 e. The van der Waals surface area contributed by atoms with Gasteiger partial charge in [0.05, 0.1) is 17.1 Å². The van der Waals surface area contributed by atoms with Crippen LogP contribution in [0.3, 0.4) is 0 Å². The van der Waals surface area contributed by atoms with Gasteiger partial charge in [-0.2, -0.15) is 0 Å². The molecule has 4 rings (SSSR count). The maximum absolute atomic E-state index is 15.9. The summed E-state index contributed by atoms with van der Waals surface area (Å²) in [6.45, 7) is 6.01. The monoisotopic (exact) mass is 442 g/mol. The molecule has 0 bridgehead atoms. The summed E-state index contributed by atoms with van der Waals surface area (Å²) >= 11 is 0. The number of hydrogen-bond acceptors (Lipinski definition) is 6. The summed E-state index contributed by atoms with van der Waals surface area (Å²) in [4.78, 5) is 25.0. The maximum atomic E-state index is 15.9. The Morgan fingerprint density at radius 2 is 2.09 bits per heavy atom. The molecule has 3 aromatic rings. The second kappa shape index (κ2) is 8.44. The fourth-order valence-corrected chi connectivity index (χ4v) is 3.90. The first-order valence-corrected chi connectivity index (χ1v) is 10.6. The number of fused-ring (bicyclic) bond motifs is 1. The number of nitrogens with zero attached hydrogens (tertiary/aromatic N) is 4. The highest BCUT2D eigenvalue weighted by molar-refractivity contribution is 5.93. The molecule has 0 spiro atoms. The van der Waals surface area contributed by atoms with Crippen LogP contribution in [0.15, 0.2) is 18.5 Å². The molecule has 1 aliphatic rings. The lowest BCUT2D eigenvalue weighted by atomic mass is 9.97. The third-order valence-electron chi connectivity index (χ3n) is 5.46. The second-order valence-corrected chi connectivity index (χ2v) is 8.35. The van der Waals surface area contributed by atoms with Crippen molar-refractivity contribution in [1.29, 1.82) is 0 Å². The van der Waals surface area contributed by atoms with Gasteiger partial charge in [-0.3, -0.25) is 5.32 Å². The van der Waals surface area contributed by atoms with E-state index in [1.165, 1.54) is 12.4 Å². The van der Waals surface area contributed by atoms with Crippen LogP contribution in [0.25, 0.3) is 22.2 Å². The predicted molar refractivity (Wildman–Crippen MR) is 118 cm³/mol. The molecule has 170 valence electrons. The zero-order valence-corrected chi connectivity index (χ0v) is 18.6. The van der Waals surface area contributed by atoms with Gasteiger partial charge < -0.3 is 19.7 Å². The topological polar surface area (TPSA) is 114 Å². The van der Waals surface area contributed by atoms with Crippen LogP contribution in [0.5, 0.6) is 0 Å². The van der Waals surface area contributed by atoms with Gasteiger partial charge in [-0.1, -0.05) is 0 Å². The smallest absolute Gasteiger partial charge is 0.321 e. The Hall–Kier alpha value is -3.11. The van der Waals surface area contributed by atoms with Crippen molar-refractivity contribution in [2.75, 3.05) is 18.5 Å². The maximum Gasteiger partial charge on any atom is 0.321 e. The lowest BCUT2D eigenvalue weighted by Gasteiger charge is -2.17. The van der Waals surface area contributed by atoms with Gasteiger partial charge in [0, 0.05) is 49.3 Å². The molecule has 1 atom stereocenters. The number of nitrogens with one attached hydrogen (secondary N) is 2. The molecule has 1 aliphatic heterocycles. The van der Waals surface area contributed by atoms with Gasteiger partial charge >= 0.3 is 6.03 Å². The van der Waals surface area contributed by atoms with Crippen molar-refractivity contribution in [3.63, 3.8) is 0 Å². The lowest BCUT2D eigenvalue weighted by Crippen LogP contribution is -2.29. The number of benzene rings is 1. The number of aliphatic hydroxyl groups is 1. The van der Waals surface area contributed by atoms with Gasteiger partial charge in [0.15, 0.2) is 5.82 Å². The third kappa shape index (κ3) is 4.03. The zero-order valence-electron chi connectivity index (χ0n) is 18.6. The van der Waals surface area contributed by atoms with Crippen LogP contribution in [0.1, 0.15) is 51.1 Å². The van der Waals surface area contributed by atoms with Crippen LogP contribution in [-0.4, -0.2) is 43.8 Å². The highest BCUT2D eigenvalue weighted by Crippen LogP contribution is 2.40. The summed E-state index contributed by atoms with van der Waals surface area (Å²) in [6, 6.07) is 1.23. The second-order valence-electron chi connectivity index (χ2n) is 8.35. The van der Waals surface area contributed by atoms with E-state index in [9.17, 15) is 9.90 Å². The van der Waals surface area contributed by atoms with Crippen molar-refractivity contribution in [1.82, 2.24) is 24.8 Å². The van der Waals surface area contributed by atoms with Crippen molar-refractivity contribution < 1.29 is 19.0 Å². The van der Waals surface area contributed by atoms with Gasteiger partial charge in [-0.05, 0) is 39.7 Å². The van der Waals surface area contributed by atoms with E-state index in [0.29, 0.717) is 47.7 Å². The number of urea groups is 1. The van der Waals surface area contributed by atoms with Gasteiger partial charge in [-0.15, -0.1) is 0 Å². The van der Waals surface area contributed by atoms with Crippen LogP contribution < -0.4 is 10.6 Å². The minimum atomic E-state index is -1.20. The van der Waals surface area contributed by atoms with E-state index in [1.54, 1.807) is 31.5 Å². The average Bonchev–Trinajstić information content (AvgIpc) is 3.37. The standard InChI is InChI=1S/C22H27FN6O3/c1-5-24-21(30)28-20-27-14-9-13(12-10-25-19(26-11-12)22(2,3)31)17(23)16(18(14)29(20)4)15-7-6-8-32-15/h9-11,15,31H,5-8H2,1-4H3,(H2,24,27,28,30)/t15-/m1/s1. The molecule has 2 amide bonds.